The summed E-state index contributed by atoms with van der Waals surface area (Å²) in [6.07, 6.45) is 2.38. The number of aromatic nitrogens is 4. The van der Waals surface area contributed by atoms with Crippen molar-refractivity contribution in [2.45, 2.75) is 39.5 Å². The lowest BCUT2D eigenvalue weighted by Crippen LogP contribution is -2.37. The highest BCUT2D eigenvalue weighted by molar-refractivity contribution is 5.84. The standard InChI is InChI=1S/C24H23F4N5O.C24H26FN5O/c1-16-11-20(31-19-4-2-3-18(12-19)24(26,27)28)6-5-17(16)13-29-15-22-30-14-21(25)23(32-22)33-7-9-34-10-8-33;1-2-18-14-21(28-20-6-4-3-5-7-20)9-8-19(18)15-26-17-23-27-16-22(25)24(29-23)30-10-12-31-13-11-30/h2-6,11-14,31H,7-10,15H2,1H3;3-9,14-16,28H,2,10-13,17H2,1H3. The van der Waals surface area contributed by atoms with Crippen molar-refractivity contribution >= 4 is 46.8 Å². The lowest BCUT2D eigenvalue weighted by molar-refractivity contribution is -0.137. The quantitative estimate of drug-likeness (QED) is 0.0856. The topological polar surface area (TPSA) is 125 Å². The number of anilines is 6. The first kappa shape index (κ1) is 46.2. The van der Waals surface area contributed by atoms with Crippen LogP contribution in [0.3, 0.4) is 0 Å². The average molecular weight is 893 g/mol. The Kier molecular flexibility index (Phi) is 15.7. The summed E-state index contributed by atoms with van der Waals surface area (Å²) >= 11 is 0. The minimum atomic E-state index is -4.40. The molecule has 0 spiro atoms. The molecule has 0 amide bonds. The maximum absolute atomic E-state index is 14.2. The van der Waals surface area contributed by atoms with Crippen LogP contribution in [0.4, 0.5) is 56.3 Å². The molecular weight excluding hydrogens is 844 g/mol. The number of rotatable bonds is 13. The maximum Gasteiger partial charge on any atom is 0.416 e. The second-order valence-electron chi connectivity index (χ2n) is 15.1. The number of alkyl halides is 3. The lowest BCUT2D eigenvalue weighted by Gasteiger charge is -2.28. The van der Waals surface area contributed by atoms with Gasteiger partial charge in [-0.1, -0.05) is 43.3 Å². The maximum atomic E-state index is 14.2. The van der Waals surface area contributed by atoms with Crippen molar-refractivity contribution in [1.29, 1.82) is 0 Å². The predicted molar refractivity (Wildman–Crippen MR) is 244 cm³/mol. The largest absolute Gasteiger partial charge is 0.416 e. The SMILES string of the molecule is CCc1cc(Nc2ccccc2)ccc1C=NCc1ncc(F)c(N2CCOCC2)n1.Cc1cc(Nc2cccc(C(F)(F)F)c2)ccc1C=NCc1ncc(F)c(N2CCOCC2)n1. The van der Waals surface area contributed by atoms with Crippen molar-refractivity contribution in [1.82, 2.24) is 19.9 Å². The predicted octanol–water partition coefficient (Wildman–Crippen LogP) is 9.52. The molecule has 338 valence electrons. The van der Waals surface area contributed by atoms with Crippen LogP contribution in [0.5, 0.6) is 0 Å². The van der Waals surface area contributed by atoms with Crippen LogP contribution in [0.15, 0.2) is 113 Å². The van der Waals surface area contributed by atoms with Crippen molar-refractivity contribution in [3.05, 3.63) is 154 Å². The van der Waals surface area contributed by atoms with Crippen LogP contribution in [0.25, 0.3) is 0 Å². The molecule has 65 heavy (non-hydrogen) atoms. The van der Waals surface area contributed by atoms with Gasteiger partial charge in [-0.05, 0) is 90.2 Å². The molecule has 17 heteroatoms. The van der Waals surface area contributed by atoms with Crippen molar-refractivity contribution in [2.24, 2.45) is 9.98 Å². The monoisotopic (exact) mass is 892 g/mol. The molecule has 2 aromatic heterocycles. The molecule has 2 saturated heterocycles. The van der Waals surface area contributed by atoms with Gasteiger partial charge >= 0.3 is 6.18 Å². The summed E-state index contributed by atoms with van der Waals surface area (Å²) in [5.74, 6) is 0.594. The fourth-order valence-corrected chi connectivity index (χ4v) is 7.03. The van der Waals surface area contributed by atoms with E-state index >= 15 is 0 Å². The van der Waals surface area contributed by atoms with Crippen LogP contribution in [-0.2, 0) is 35.2 Å². The summed E-state index contributed by atoms with van der Waals surface area (Å²) in [4.78, 5) is 29.4. The number of nitrogens with zero attached hydrogens (tertiary/aromatic N) is 8. The number of morpholine rings is 2. The first-order valence-corrected chi connectivity index (χ1v) is 21.2. The molecule has 2 aliphatic rings. The molecule has 0 unspecified atom stereocenters. The molecule has 2 aliphatic heterocycles. The minimum absolute atomic E-state index is 0.182. The van der Waals surface area contributed by atoms with E-state index in [9.17, 15) is 22.0 Å². The first-order chi connectivity index (χ1) is 31.5. The summed E-state index contributed by atoms with van der Waals surface area (Å²) in [7, 11) is 0. The van der Waals surface area contributed by atoms with Gasteiger partial charge in [-0.15, -0.1) is 0 Å². The van der Waals surface area contributed by atoms with Gasteiger partial charge in [0.1, 0.15) is 0 Å². The van der Waals surface area contributed by atoms with Gasteiger partial charge < -0.3 is 29.9 Å². The number of aliphatic imine (C=N–C) groups is 2. The molecule has 6 aromatic rings. The van der Waals surface area contributed by atoms with Gasteiger partial charge in [0.15, 0.2) is 34.9 Å². The van der Waals surface area contributed by atoms with Crippen LogP contribution in [0.2, 0.25) is 0 Å². The Bertz CT molecular complexity index is 2570. The smallest absolute Gasteiger partial charge is 0.378 e. The van der Waals surface area contributed by atoms with E-state index in [0.29, 0.717) is 88.0 Å². The van der Waals surface area contributed by atoms with Crippen molar-refractivity contribution in [3.63, 3.8) is 0 Å². The summed E-state index contributed by atoms with van der Waals surface area (Å²) < 4.78 is 77.7. The number of ether oxygens (including phenoxy) is 2. The van der Waals surface area contributed by atoms with Crippen LogP contribution in [-0.4, -0.2) is 85.0 Å². The zero-order valence-corrected chi connectivity index (χ0v) is 36.0. The van der Waals surface area contributed by atoms with E-state index < -0.39 is 23.4 Å². The zero-order chi connectivity index (χ0) is 45.6. The minimum Gasteiger partial charge on any atom is -0.378 e. The second-order valence-corrected chi connectivity index (χ2v) is 15.1. The zero-order valence-electron chi connectivity index (χ0n) is 36.0. The number of benzene rings is 4. The summed E-state index contributed by atoms with van der Waals surface area (Å²) in [5.41, 5.74) is 6.35. The molecule has 0 atom stereocenters. The Morgan fingerprint density at radius 3 is 1.69 bits per heavy atom. The van der Waals surface area contributed by atoms with Gasteiger partial charge in [0.2, 0.25) is 0 Å². The normalized spacial score (nSPS) is 14.4. The van der Waals surface area contributed by atoms with Gasteiger partial charge in [-0.2, -0.15) is 13.2 Å². The lowest BCUT2D eigenvalue weighted by atomic mass is 10.0. The van der Waals surface area contributed by atoms with Gasteiger partial charge in [-0.25, -0.2) is 28.7 Å². The molecule has 0 bridgehead atoms. The van der Waals surface area contributed by atoms with Gasteiger partial charge in [-0.3, -0.25) is 9.98 Å². The molecular formula is C48H49F5N10O2. The molecule has 0 aliphatic carbocycles. The highest BCUT2D eigenvalue weighted by Crippen LogP contribution is 2.32. The van der Waals surface area contributed by atoms with E-state index in [1.165, 1.54) is 17.8 Å². The summed E-state index contributed by atoms with van der Waals surface area (Å²) in [6.45, 7) is 9.06. The van der Waals surface area contributed by atoms with Crippen molar-refractivity contribution in [2.75, 3.05) is 73.0 Å². The Morgan fingerprint density at radius 2 is 1.14 bits per heavy atom. The van der Waals surface area contributed by atoms with Gasteiger partial charge in [0.05, 0.1) is 57.5 Å². The van der Waals surface area contributed by atoms with Gasteiger partial charge in [0.25, 0.3) is 0 Å². The van der Waals surface area contributed by atoms with Gasteiger partial charge in [0, 0.05) is 61.4 Å². The molecule has 0 saturated carbocycles. The second kappa shape index (κ2) is 22.2. The molecule has 2 N–H and O–H groups in total. The van der Waals surface area contributed by atoms with Crippen LogP contribution in [0, 0.1) is 18.6 Å². The van der Waals surface area contributed by atoms with Crippen molar-refractivity contribution < 1.29 is 31.4 Å². The number of nitrogens with one attached hydrogen (secondary N) is 2. The Morgan fingerprint density at radius 1 is 0.631 bits per heavy atom. The van der Waals surface area contributed by atoms with E-state index in [1.54, 1.807) is 18.3 Å². The average Bonchev–Trinajstić information content (AvgIpc) is 3.32. The third-order valence-electron chi connectivity index (χ3n) is 10.4. The number of hydrogen-bond donors (Lipinski definition) is 2. The van der Waals surface area contributed by atoms with E-state index in [2.05, 4.69) is 59.6 Å². The first-order valence-electron chi connectivity index (χ1n) is 21.2. The highest BCUT2D eigenvalue weighted by atomic mass is 19.4. The van der Waals surface area contributed by atoms with E-state index in [1.807, 2.05) is 71.5 Å². The molecule has 4 aromatic carbocycles. The Labute approximate surface area is 374 Å². The van der Waals surface area contributed by atoms with Crippen LogP contribution in [0.1, 0.15) is 46.4 Å². The van der Waals surface area contributed by atoms with E-state index in [4.69, 9.17) is 9.47 Å². The van der Waals surface area contributed by atoms with E-state index in [0.717, 1.165) is 52.8 Å². The summed E-state index contributed by atoms with van der Waals surface area (Å²) in [5, 5.41) is 6.41. The summed E-state index contributed by atoms with van der Waals surface area (Å²) in [6, 6.07) is 26.8. The van der Waals surface area contributed by atoms with Crippen molar-refractivity contribution in [3.8, 4) is 0 Å². The number of aryl methyl sites for hydroxylation is 2. The number of para-hydroxylation sites is 1. The molecule has 12 nitrogen and oxygen atoms in total. The molecule has 4 heterocycles. The highest BCUT2D eigenvalue weighted by Gasteiger charge is 2.30. The fraction of sp³-hybridized carbons (Fsp3) is 0.292. The van der Waals surface area contributed by atoms with Crippen LogP contribution < -0.4 is 20.4 Å². The third-order valence-corrected chi connectivity index (χ3v) is 10.4. The molecule has 8 rings (SSSR count). The molecule has 0 radical (unpaired) electrons. The fourth-order valence-electron chi connectivity index (χ4n) is 7.03. The van der Waals surface area contributed by atoms with Crippen LogP contribution >= 0.6 is 0 Å². The Hall–Kier alpha value is -6.85. The number of hydrogen-bond acceptors (Lipinski definition) is 12. The molecule has 2 fully saturated rings. The number of halogens is 5. The van der Waals surface area contributed by atoms with E-state index in [-0.39, 0.29) is 12.4 Å². The third kappa shape index (κ3) is 13.1. The Balaban J connectivity index is 0.000000195.